The van der Waals surface area contributed by atoms with E-state index in [-0.39, 0.29) is 18.1 Å². The van der Waals surface area contributed by atoms with Crippen molar-refractivity contribution in [3.05, 3.63) is 23.5 Å². The number of β-amino-alcohol motifs (C(OH)–C–C–N with tert-alkyl or cyclic N) is 1. The zero-order valence-electron chi connectivity index (χ0n) is 12.6. The van der Waals surface area contributed by atoms with Crippen LogP contribution in [-0.2, 0) is 11.3 Å². The lowest BCUT2D eigenvalue weighted by Crippen LogP contribution is -2.50. The molecule has 0 radical (unpaired) electrons. The first-order valence-electron chi connectivity index (χ1n) is 7.23. The predicted octanol–water partition coefficient (Wildman–Crippen LogP) is 0.559. The third-order valence-electron chi connectivity index (χ3n) is 3.87. The minimum Gasteiger partial charge on any atom is -0.506 e. The molecular weight excluding hydrogens is 270 g/mol. The number of pyridine rings is 1. The molecule has 1 atom stereocenters. The van der Waals surface area contributed by atoms with Crippen LogP contribution in [0.15, 0.2) is 12.1 Å². The lowest BCUT2D eigenvalue weighted by Gasteiger charge is -2.38. The van der Waals surface area contributed by atoms with Crippen LogP contribution < -0.4 is 5.32 Å². The van der Waals surface area contributed by atoms with Crippen LogP contribution >= 0.6 is 0 Å². The maximum absolute atomic E-state index is 11.5. The van der Waals surface area contributed by atoms with Crippen molar-refractivity contribution in [1.29, 1.82) is 0 Å². The normalized spacial score (nSPS) is 23.0. The fourth-order valence-electron chi connectivity index (χ4n) is 2.80. The van der Waals surface area contributed by atoms with Gasteiger partial charge >= 0.3 is 0 Å². The van der Waals surface area contributed by atoms with Gasteiger partial charge in [-0.1, -0.05) is 0 Å². The van der Waals surface area contributed by atoms with E-state index in [0.29, 0.717) is 25.2 Å². The third kappa shape index (κ3) is 4.15. The highest BCUT2D eigenvalue weighted by Crippen LogP contribution is 2.26. The van der Waals surface area contributed by atoms with Gasteiger partial charge in [-0.05, 0) is 38.4 Å². The summed E-state index contributed by atoms with van der Waals surface area (Å²) in [6.45, 7) is 3.59. The summed E-state index contributed by atoms with van der Waals surface area (Å²) in [6.07, 6.45) is 1.54. The number of carbonyl (C=O) groups is 1. The van der Waals surface area contributed by atoms with E-state index in [1.165, 1.54) is 0 Å². The lowest BCUT2D eigenvalue weighted by atomic mass is 9.89. The van der Waals surface area contributed by atoms with Crippen LogP contribution in [0.3, 0.4) is 0 Å². The molecule has 0 aliphatic carbocycles. The van der Waals surface area contributed by atoms with Crippen LogP contribution in [0.25, 0.3) is 0 Å². The van der Waals surface area contributed by atoms with E-state index in [1.54, 1.807) is 19.2 Å². The quantitative estimate of drug-likeness (QED) is 0.755. The van der Waals surface area contributed by atoms with Gasteiger partial charge in [-0.3, -0.25) is 14.7 Å². The molecule has 1 aromatic heterocycles. The van der Waals surface area contributed by atoms with Crippen LogP contribution in [0.4, 0.5) is 0 Å². The van der Waals surface area contributed by atoms with E-state index in [9.17, 15) is 15.0 Å². The SMILES string of the molecule is CNC(=O)CC1(O)CCCN(Cc2nc(C)ccc2O)C1. The average Bonchev–Trinajstić information content (AvgIpc) is 2.42. The Labute approximate surface area is 124 Å². The molecule has 1 saturated heterocycles. The Kier molecular flexibility index (Phi) is 4.80. The van der Waals surface area contributed by atoms with Gasteiger partial charge in [0.25, 0.3) is 0 Å². The van der Waals surface area contributed by atoms with E-state index in [4.69, 9.17) is 0 Å². The zero-order valence-corrected chi connectivity index (χ0v) is 12.6. The molecule has 2 heterocycles. The van der Waals surface area contributed by atoms with Crippen molar-refractivity contribution in [3.63, 3.8) is 0 Å². The van der Waals surface area contributed by atoms with Crippen molar-refractivity contribution in [2.75, 3.05) is 20.1 Å². The van der Waals surface area contributed by atoms with Crippen molar-refractivity contribution >= 4 is 5.91 Å². The summed E-state index contributed by atoms with van der Waals surface area (Å²) >= 11 is 0. The minimum absolute atomic E-state index is 0.104. The molecule has 1 aromatic rings. The molecule has 0 saturated carbocycles. The number of aliphatic hydroxyl groups is 1. The molecule has 0 spiro atoms. The second kappa shape index (κ2) is 6.41. The number of aromatic nitrogens is 1. The number of hydrogen-bond acceptors (Lipinski definition) is 5. The largest absolute Gasteiger partial charge is 0.506 e. The smallest absolute Gasteiger partial charge is 0.222 e. The van der Waals surface area contributed by atoms with Gasteiger partial charge in [0.05, 0.1) is 17.7 Å². The number of rotatable bonds is 4. The van der Waals surface area contributed by atoms with Gasteiger partial charge in [0.15, 0.2) is 0 Å². The van der Waals surface area contributed by atoms with E-state index in [0.717, 1.165) is 18.7 Å². The highest BCUT2D eigenvalue weighted by molar-refractivity contribution is 5.76. The number of aryl methyl sites for hydroxylation is 1. The van der Waals surface area contributed by atoms with E-state index in [1.807, 2.05) is 11.8 Å². The topological polar surface area (TPSA) is 85.7 Å². The van der Waals surface area contributed by atoms with Crippen LogP contribution in [0.5, 0.6) is 5.75 Å². The van der Waals surface area contributed by atoms with Crippen molar-refractivity contribution in [3.8, 4) is 5.75 Å². The molecule has 2 rings (SSSR count). The second-order valence-corrected chi connectivity index (χ2v) is 5.81. The summed E-state index contributed by atoms with van der Waals surface area (Å²) in [5, 5.41) is 23.0. The predicted molar refractivity (Wildman–Crippen MR) is 78.8 cm³/mol. The molecule has 6 nitrogen and oxygen atoms in total. The maximum Gasteiger partial charge on any atom is 0.222 e. The van der Waals surface area contributed by atoms with Gasteiger partial charge < -0.3 is 15.5 Å². The summed E-state index contributed by atoms with van der Waals surface area (Å²) in [6, 6.07) is 3.40. The average molecular weight is 293 g/mol. The maximum atomic E-state index is 11.5. The number of nitrogens with zero attached hydrogens (tertiary/aromatic N) is 2. The molecular formula is C15H23N3O3. The number of likely N-dealkylation sites (tertiary alicyclic amines) is 1. The zero-order chi connectivity index (χ0) is 15.5. The number of piperidine rings is 1. The van der Waals surface area contributed by atoms with E-state index < -0.39 is 5.60 Å². The molecule has 6 heteroatoms. The van der Waals surface area contributed by atoms with Crippen molar-refractivity contribution in [2.24, 2.45) is 0 Å². The summed E-state index contributed by atoms with van der Waals surface area (Å²) in [5.41, 5.74) is 0.456. The van der Waals surface area contributed by atoms with Gasteiger partial charge in [-0.15, -0.1) is 0 Å². The van der Waals surface area contributed by atoms with Crippen LogP contribution in [0, 0.1) is 6.92 Å². The molecule has 1 aliphatic heterocycles. The summed E-state index contributed by atoms with van der Waals surface area (Å²) in [4.78, 5) is 17.9. The standard InChI is InChI=1S/C15H23N3O3/c1-11-4-5-13(19)12(17-11)9-18-7-3-6-15(21,10-18)8-14(20)16-2/h4-5,19,21H,3,6-10H2,1-2H3,(H,16,20). The fraction of sp³-hybridized carbons (Fsp3) is 0.600. The Morgan fingerprint density at radius 3 is 3.00 bits per heavy atom. The van der Waals surface area contributed by atoms with Crippen LogP contribution in [0.1, 0.15) is 30.7 Å². The Hall–Kier alpha value is -1.66. The van der Waals surface area contributed by atoms with Gasteiger partial charge in [-0.25, -0.2) is 0 Å². The molecule has 21 heavy (non-hydrogen) atoms. The molecule has 1 amide bonds. The number of nitrogens with one attached hydrogen (secondary N) is 1. The number of hydrogen-bond donors (Lipinski definition) is 3. The molecule has 0 aromatic carbocycles. The van der Waals surface area contributed by atoms with Crippen LogP contribution in [-0.4, -0.2) is 51.7 Å². The lowest BCUT2D eigenvalue weighted by molar-refractivity contribution is -0.128. The molecule has 1 fully saturated rings. The van der Waals surface area contributed by atoms with Gasteiger partial charge in [0.2, 0.25) is 5.91 Å². The Morgan fingerprint density at radius 1 is 1.52 bits per heavy atom. The Balaban J connectivity index is 2.04. The van der Waals surface area contributed by atoms with Crippen molar-refractivity contribution in [2.45, 2.75) is 38.3 Å². The summed E-state index contributed by atoms with van der Waals surface area (Å²) in [5.74, 6) is 0.0110. The molecule has 0 bridgehead atoms. The van der Waals surface area contributed by atoms with E-state index >= 15 is 0 Å². The number of aromatic hydroxyl groups is 1. The van der Waals surface area contributed by atoms with Gasteiger partial charge in [0.1, 0.15) is 5.75 Å². The third-order valence-corrected chi connectivity index (χ3v) is 3.87. The Morgan fingerprint density at radius 2 is 2.29 bits per heavy atom. The van der Waals surface area contributed by atoms with Gasteiger partial charge in [-0.2, -0.15) is 0 Å². The fourth-order valence-corrected chi connectivity index (χ4v) is 2.80. The monoisotopic (exact) mass is 293 g/mol. The first-order chi connectivity index (χ1) is 9.92. The molecule has 1 aliphatic rings. The van der Waals surface area contributed by atoms with Crippen molar-refractivity contribution < 1.29 is 15.0 Å². The Bertz CT molecular complexity index is 521. The van der Waals surface area contributed by atoms with Crippen molar-refractivity contribution in [1.82, 2.24) is 15.2 Å². The van der Waals surface area contributed by atoms with E-state index in [2.05, 4.69) is 10.3 Å². The highest BCUT2D eigenvalue weighted by atomic mass is 16.3. The first kappa shape index (κ1) is 15.7. The number of carbonyl (C=O) groups excluding carboxylic acids is 1. The minimum atomic E-state index is -1.00. The molecule has 3 N–H and O–H groups in total. The van der Waals surface area contributed by atoms with Crippen LogP contribution in [0.2, 0.25) is 0 Å². The molecule has 116 valence electrons. The molecule has 1 unspecified atom stereocenters. The van der Waals surface area contributed by atoms with Gasteiger partial charge in [0, 0.05) is 25.8 Å². The first-order valence-corrected chi connectivity index (χ1v) is 7.23. The second-order valence-electron chi connectivity index (χ2n) is 5.81. The summed E-state index contributed by atoms with van der Waals surface area (Å²) < 4.78 is 0. The number of amides is 1. The summed E-state index contributed by atoms with van der Waals surface area (Å²) in [7, 11) is 1.57. The highest BCUT2D eigenvalue weighted by Gasteiger charge is 2.35.